The van der Waals surface area contributed by atoms with E-state index in [-0.39, 0.29) is 6.04 Å². The van der Waals surface area contributed by atoms with Gasteiger partial charge in [-0.05, 0) is 24.6 Å². The monoisotopic (exact) mass is 308 g/mol. The highest BCUT2D eigenvalue weighted by atomic mass is 16.5. The van der Waals surface area contributed by atoms with Gasteiger partial charge in [-0.1, -0.05) is 18.2 Å². The number of nitrogens with zero attached hydrogens (tertiary/aromatic N) is 3. The second kappa shape index (κ2) is 6.10. The second-order valence-corrected chi connectivity index (χ2v) is 6.00. The Kier molecular flexibility index (Phi) is 3.81. The standard InChI is InChI=1S/C18H20N4O/c1-13-10-20-18(21-13)17-12-23-9-8-22(17)11-14-6-7-19-16-5-3-2-4-15(14)16/h2-7,10,17H,8-9,11-12H2,1H3,(H,20,21)/t17-/m0/s1. The van der Waals surface area contributed by atoms with Crippen LogP contribution in [-0.4, -0.2) is 39.6 Å². The summed E-state index contributed by atoms with van der Waals surface area (Å²) in [5.41, 5.74) is 3.43. The average molecular weight is 308 g/mol. The highest BCUT2D eigenvalue weighted by molar-refractivity contribution is 5.81. The number of nitrogens with one attached hydrogen (secondary N) is 1. The number of imidazole rings is 1. The lowest BCUT2D eigenvalue weighted by Crippen LogP contribution is -2.39. The first-order valence-corrected chi connectivity index (χ1v) is 7.97. The topological polar surface area (TPSA) is 54.0 Å². The maximum absolute atomic E-state index is 5.69. The van der Waals surface area contributed by atoms with Gasteiger partial charge in [0.2, 0.25) is 0 Å². The van der Waals surface area contributed by atoms with Crippen molar-refractivity contribution >= 4 is 10.9 Å². The van der Waals surface area contributed by atoms with Crippen molar-refractivity contribution in [3.63, 3.8) is 0 Å². The van der Waals surface area contributed by atoms with Crippen LogP contribution in [0.2, 0.25) is 0 Å². The Morgan fingerprint density at radius 1 is 1.26 bits per heavy atom. The van der Waals surface area contributed by atoms with Gasteiger partial charge < -0.3 is 9.72 Å². The van der Waals surface area contributed by atoms with Crippen LogP contribution in [-0.2, 0) is 11.3 Å². The number of hydrogen-bond acceptors (Lipinski definition) is 4. The molecule has 5 heteroatoms. The normalized spacial score (nSPS) is 19.3. The molecule has 0 spiro atoms. The van der Waals surface area contributed by atoms with E-state index >= 15 is 0 Å². The van der Waals surface area contributed by atoms with Crippen LogP contribution in [0.1, 0.15) is 23.1 Å². The number of rotatable bonds is 3. The van der Waals surface area contributed by atoms with Crippen LogP contribution in [0.25, 0.3) is 10.9 Å². The van der Waals surface area contributed by atoms with Crippen LogP contribution in [0.15, 0.2) is 42.7 Å². The van der Waals surface area contributed by atoms with Gasteiger partial charge in [0.25, 0.3) is 0 Å². The van der Waals surface area contributed by atoms with Crippen LogP contribution in [0, 0.1) is 6.92 Å². The number of aromatic amines is 1. The van der Waals surface area contributed by atoms with E-state index in [1.807, 2.05) is 25.4 Å². The molecule has 0 bridgehead atoms. The molecule has 1 N–H and O–H groups in total. The van der Waals surface area contributed by atoms with Crippen LogP contribution >= 0.6 is 0 Å². The van der Waals surface area contributed by atoms with Gasteiger partial charge in [-0.25, -0.2) is 4.98 Å². The Hall–Kier alpha value is -2.24. The molecule has 0 unspecified atom stereocenters. The Morgan fingerprint density at radius 3 is 3.04 bits per heavy atom. The number of para-hydroxylation sites is 1. The Bertz CT molecular complexity index is 808. The first kappa shape index (κ1) is 14.4. The van der Waals surface area contributed by atoms with Gasteiger partial charge in [0.15, 0.2) is 0 Å². The first-order valence-electron chi connectivity index (χ1n) is 7.97. The summed E-state index contributed by atoms with van der Waals surface area (Å²) in [7, 11) is 0. The van der Waals surface area contributed by atoms with E-state index in [4.69, 9.17) is 4.74 Å². The molecule has 0 aliphatic carbocycles. The minimum Gasteiger partial charge on any atom is -0.378 e. The third kappa shape index (κ3) is 2.85. The minimum atomic E-state index is 0.171. The fourth-order valence-corrected chi connectivity index (χ4v) is 3.19. The molecular weight excluding hydrogens is 288 g/mol. The maximum atomic E-state index is 5.69. The Labute approximate surface area is 135 Å². The number of aryl methyl sites for hydroxylation is 1. The molecule has 1 aliphatic heterocycles. The van der Waals surface area contributed by atoms with Gasteiger partial charge in [0.1, 0.15) is 5.82 Å². The van der Waals surface area contributed by atoms with Crippen LogP contribution < -0.4 is 0 Å². The number of hydrogen-bond donors (Lipinski definition) is 1. The van der Waals surface area contributed by atoms with E-state index < -0.39 is 0 Å². The molecule has 0 amide bonds. The lowest BCUT2D eigenvalue weighted by Gasteiger charge is -2.34. The Morgan fingerprint density at radius 2 is 2.17 bits per heavy atom. The van der Waals surface area contributed by atoms with Crippen LogP contribution in [0.3, 0.4) is 0 Å². The first-order chi connectivity index (χ1) is 11.3. The van der Waals surface area contributed by atoms with Crippen LogP contribution in [0.4, 0.5) is 0 Å². The van der Waals surface area contributed by atoms with E-state index in [9.17, 15) is 0 Å². The fourth-order valence-electron chi connectivity index (χ4n) is 3.19. The highest BCUT2D eigenvalue weighted by Gasteiger charge is 2.27. The molecule has 4 rings (SSSR count). The Balaban J connectivity index is 1.65. The molecule has 3 aromatic rings. The van der Waals surface area contributed by atoms with Gasteiger partial charge in [-0.2, -0.15) is 0 Å². The van der Waals surface area contributed by atoms with E-state index in [0.717, 1.165) is 36.7 Å². The summed E-state index contributed by atoms with van der Waals surface area (Å²) in [6, 6.07) is 10.6. The van der Waals surface area contributed by atoms with Crippen LogP contribution in [0.5, 0.6) is 0 Å². The molecule has 1 saturated heterocycles. The lowest BCUT2D eigenvalue weighted by molar-refractivity contribution is -0.0154. The van der Waals surface area contributed by atoms with Gasteiger partial charge >= 0.3 is 0 Å². The molecule has 3 heterocycles. The van der Waals surface area contributed by atoms with Crippen molar-refractivity contribution in [2.75, 3.05) is 19.8 Å². The zero-order valence-corrected chi connectivity index (χ0v) is 13.2. The summed E-state index contributed by atoms with van der Waals surface area (Å²) in [4.78, 5) is 14.7. The number of H-pyrrole nitrogens is 1. The molecule has 0 saturated carbocycles. The zero-order valence-electron chi connectivity index (χ0n) is 13.2. The summed E-state index contributed by atoms with van der Waals surface area (Å²) in [5.74, 6) is 0.987. The summed E-state index contributed by atoms with van der Waals surface area (Å²) >= 11 is 0. The highest BCUT2D eigenvalue weighted by Crippen LogP contribution is 2.26. The SMILES string of the molecule is Cc1cnc([C@@H]2COCCN2Cc2ccnc3ccccc23)[nH]1. The van der Waals surface area contributed by atoms with E-state index in [1.165, 1.54) is 10.9 Å². The van der Waals surface area contributed by atoms with Crippen molar-refractivity contribution in [3.8, 4) is 0 Å². The fraction of sp³-hybridized carbons (Fsp3) is 0.333. The molecule has 1 aromatic carbocycles. The zero-order chi connectivity index (χ0) is 15.6. The quantitative estimate of drug-likeness (QED) is 0.808. The molecule has 0 radical (unpaired) electrons. The smallest absolute Gasteiger partial charge is 0.126 e. The van der Waals surface area contributed by atoms with Crippen molar-refractivity contribution < 1.29 is 4.74 Å². The summed E-state index contributed by atoms with van der Waals surface area (Å²) in [6.45, 7) is 5.24. The van der Waals surface area contributed by atoms with Crippen molar-refractivity contribution in [1.29, 1.82) is 0 Å². The molecule has 1 aliphatic rings. The van der Waals surface area contributed by atoms with Crippen molar-refractivity contribution in [3.05, 3.63) is 59.8 Å². The van der Waals surface area contributed by atoms with E-state index in [0.29, 0.717) is 6.61 Å². The molecular formula is C18H20N4O. The third-order valence-corrected chi connectivity index (χ3v) is 4.39. The third-order valence-electron chi connectivity index (χ3n) is 4.39. The molecule has 1 atom stereocenters. The van der Waals surface area contributed by atoms with E-state index in [2.05, 4.69) is 44.1 Å². The number of aromatic nitrogens is 3. The van der Waals surface area contributed by atoms with Gasteiger partial charge in [-0.15, -0.1) is 0 Å². The average Bonchev–Trinajstić information content (AvgIpc) is 3.02. The van der Waals surface area contributed by atoms with Gasteiger partial charge in [-0.3, -0.25) is 9.88 Å². The predicted molar refractivity (Wildman–Crippen MR) is 89.0 cm³/mol. The lowest BCUT2D eigenvalue weighted by atomic mass is 10.1. The molecule has 1 fully saturated rings. The second-order valence-electron chi connectivity index (χ2n) is 6.00. The minimum absolute atomic E-state index is 0.171. The summed E-state index contributed by atoms with van der Waals surface area (Å²) < 4.78 is 5.69. The molecule has 118 valence electrons. The van der Waals surface area contributed by atoms with E-state index in [1.54, 1.807) is 0 Å². The van der Waals surface area contributed by atoms with Gasteiger partial charge in [0, 0.05) is 36.6 Å². The van der Waals surface area contributed by atoms with Crippen molar-refractivity contribution in [2.24, 2.45) is 0 Å². The number of ether oxygens (including phenoxy) is 1. The summed E-state index contributed by atoms with van der Waals surface area (Å²) in [5, 5.41) is 1.22. The summed E-state index contributed by atoms with van der Waals surface area (Å²) in [6.07, 6.45) is 3.77. The van der Waals surface area contributed by atoms with Crippen molar-refractivity contribution in [2.45, 2.75) is 19.5 Å². The maximum Gasteiger partial charge on any atom is 0.126 e. The number of fused-ring (bicyclic) bond motifs is 1. The van der Waals surface area contributed by atoms with Crippen molar-refractivity contribution in [1.82, 2.24) is 19.9 Å². The largest absolute Gasteiger partial charge is 0.378 e. The molecule has 23 heavy (non-hydrogen) atoms. The van der Waals surface area contributed by atoms with Gasteiger partial charge in [0.05, 0.1) is 24.8 Å². The molecule has 5 nitrogen and oxygen atoms in total. The number of benzene rings is 1. The number of pyridine rings is 1. The molecule has 2 aromatic heterocycles. The number of morpholine rings is 1. The predicted octanol–water partition coefficient (Wildman–Crippen LogP) is 2.84.